The zero-order valence-electron chi connectivity index (χ0n) is 20.1. The lowest BCUT2D eigenvalue weighted by Gasteiger charge is -2.34. The summed E-state index contributed by atoms with van der Waals surface area (Å²) in [5.74, 6) is -0.761. The zero-order chi connectivity index (χ0) is 25.5. The smallest absolute Gasteiger partial charge is 0.167 e. The van der Waals surface area contributed by atoms with E-state index in [1.165, 1.54) is 24.3 Å². The van der Waals surface area contributed by atoms with Crippen LogP contribution >= 0.6 is 18.7 Å². The number of aryl methyl sites for hydroxylation is 1. The molecule has 3 heterocycles. The van der Waals surface area contributed by atoms with Crippen LogP contribution in [0.5, 0.6) is 0 Å². The largest absolute Gasteiger partial charge is 0.375 e. The van der Waals surface area contributed by atoms with Gasteiger partial charge in [0.2, 0.25) is 0 Å². The Bertz CT molecular complexity index is 1380. The second-order valence-corrected chi connectivity index (χ2v) is 13.4. The number of halogens is 3. The SMILES string of the molecule is Cc1nc2cc(F)c(N3CCC(P(C)(C)=O)CC3)nc2c(N[C@H](C)c2cc(C#N)ccc2F)c1Cl. The van der Waals surface area contributed by atoms with Crippen molar-refractivity contribution in [1.29, 1.82) is 5.26 Å². The van der Waals surface area contributed by atoms with Gasteiger partial charge in [-0.2, -0.15) is 5.26 Å². The molecule has 1 aliphatic heterocycles. The number of hydrogen-bond donors (Lipinski definition) is 1. The molecule has 3 aromatic rings. The molecule has 1 N–H and O–H groups in total. The molecular weight excluding hydrogens is 491 g/mol. The van der Waals surface area contributed by atoms with Crippen molar-refractivity contribution in [1.82, 2.24) is 9.97 Å². The summed E-state index contributed by atoms with van der Waals surface area (Å²) in [7, 11) is -2.21. The maximum Gasteiger partial charge on any atom is 0.167 e. The maximum absolute atomic E-state index is 15.1. The molecule has 1 aromatic carbocycles. The van der Waals surface area contributed by atoms with Gasteiger partial charge in [0.1, 0.15) is 11.3 Å². The van der Waals surface area contributed by atoms with Crippen molar-refractivity contribution in [3.63, 3.8) is 0 Å². The third-order valence-electron chi connectivity index (χ3n) is 6.60. The number of piperidine rings is 1. The number of benzene rings is 1. The molecule has 1 saturated heterocycles. The molecule has 0 saturated carbocycles. The highest BCUT2D eigenvalue weighted by Crippen LogP contribution is 2.47. The molecule has 35 heavy (non-hydrogen) atoms. The van der Waals surface area contributed by atoms with Crippen LogP contribution in [0.2, 0.25) is 5.02 Å². The fourth-order valence-corrected chi connectivity index (χ4v) is 6.21. The van der Waals surface area contributed by atoms with Crippen LogP contribution in [-0.4, -0.2) is 42.0 Å². The van der Waals surface area contributed by atoms with Gasteiger partial charge in [-0.15, -0.1) is 0 Å². The van der Waals surface area contributed by atoms with E-state index in [2.05, 4.69) is 15.3 Å². The van der Waals surface area contributed by atoms with E-state index in [1.54, 1.807) is 27.2 Å². The number of nitrogens with zero attached hydrogens (tertiary/aromatic N) is 4. The van der Waals surface area contributed by atoms with Gasteiger partial charge in [-0.3, -0.25) is 0 Å². The Balaban J connectivity index is 1.73. The van der Waals surface area contributed by atoms with Crippen molar-refractivity contribution in [3.8, 4) is 6.07 Å². The van der Waals surface area contributed by atoms with Crippen LogP contribution in [0.4, 0.5) is 20.3 Å². The summed E-state index contributed by atoms with van der Waals surface area (Å²) in [5.41, 5.74) is 2.37. The van der Waals surface area contributed by atoms with Crippen LogP contribution in [0, 0.1) is 29.9 Å². The second kappa shape index (κ2) is 9.72. The minimum absolute atomic E-state index is 0.123. The summed E-state index contributed by atoms with van der Waals surface area (Å²) in [6, 6.07) is 6.96. The van der Waals surface area contributed by atoms with Gasteiger partial charge < -0.3 is 14.8 Å². The molecule has 10 heteroatoms. The number of nitrogens with one attached hydrogen (secondary N) is 1. The lowest BCUT2D eigenvalue weighted by molar-refractivity contribution is 0.523. The molecule has 0 amide bonds. The topological polar surface area (TPSA) is 81.9 Å². The van der Waals surface area contributed by atoms with Crippen LogP contribution in [0.1, 0.15) is 42.6 Å². The first-order valence-corrected chi connectivity index (χ1v) is 14.5. The summed E-state index contributed by atoms with van der Waals surface area (Å²) in [6.07, 6.45) is 1.40. The van der Waals surface area contributed by atoms with Crippen molar-refractivity contribution >= 4 is 41.3 Å². The summed E-state index contributed by atoms with van der Waals surface area (Å²) < 4.78 is 42.1. The predicted octanol–water partition coefficient (Wildman–Crippen LogP) is 6.51. The first-order chi connectivity index (χ1) is 16.5. The Labute approximate surface area is 208 Å². The summed E-state index contributed by atoms with van der Waals surface area (Å²) in [6.45, 7) is 8.15. The fraction of sp³-hybridized carbons (Fsp3) is 0.400. The van der Waals surface area contributed by atoms with Gasteiger partial charge in [0.05, 0.1) is 46.7 Å². The average molecular weight is 518 g/mol. The van der Waals surface area contributed by atoms with E-state index in [0.29, 0.717) is 64.5 Å². The van der Waals surface area contributed by atoms with Crippen LogP contribution in [0.25, 0.3) is 11.0 Å². The molecule has 0 aliphatic carbocycles. The molecule has 6 nitrogen and oxygen atoms in total. The van der Waals surface area contributed by atoms with E-state index in [1.807, 2.05) is 11.0 Å². The molecule has 4 rings (SSSR count). The highest BCUT2D eigenvalue weighted by Gasteiger charge is 2.30. The summed E-state index contributed by atoms with van der Waals surface area (Å²) >= 11 is 6.60. The lowest BCUT2D eigenvalue weighted by atomic mass is 10.0. The first kappa shape index (κ1) is 25.3. The molecule has 0 unspecified atom stereocenters. The quantitative estimate of drug-likeness (QED) is 0.389. The van der Waals surface area contributed by atoms with Gasteiger partial charge in [-0.25, -0.2) is 18.7 Å². The van der Waals surface area contributed by atoms with E-state index >= 15 is 4.39 Å². The number of hydrogen-bond acceptors (Lipinski definition) is 6. The van der Waals surface area contributed by atoms with Gasteiger partial charge in [0.15, 0.2) is 11.6 Å². The zero-order valence-corrected chi connectivity index (χ0v) is 21.7. The maximum atomic E-state index is 15.1. The van der Waals surface area contributed by atoms with Crippen LogP contribution in [0.15, 0.2) is 24.3 Å². The Morgan fingerprint density at radius 2 is 1.89 bits per heavy atom. The van der Waals surface area contributed by atoms with Crippen molar-refractivity contribution in [3.05, 3.63) is 57.7 Å². The summed E-state index contributed by atoms with van der Waals surface area (Å²) in [4.78, 5) is 10.9. The van der Waals surface area contributed by atoms with E-state index in [-0.39, 0.29) is 11.5 Å². The van der Waals surface area contributed by atoms with Gasteiger partial charge >= 0.3 is 0 Å². The van der Waals surface area contributed by atoms with Crippen molar-refractivity contribution < 1.29 is 13.3 Å². The predicted molar refractivity (Wildman–Crippen MR) is 137 cm³/mol. The molecule has 0 bridgehead atoms. The molecule has 1 atom stereocenters. The number of rotatable bonds is 5. The van der Waals surface area contributed by atoms with E-state index in [9.17, 15) is 14.2 Å². The van der Waals surface area contributed by atoms with E-state index in [4.69, 9.17) is 11.6 Å². The number of nitriles is 1. The Kier molecular flexibility index (Phi) is 7.04. The highest BCUT2D eigenvalue weighted by atomic mass is 35.5. The molecule has 2 aromatic heterocycles. The third-order valence-corrected chi connectivity index (χ3v) is 9.33. The van der Waals surface area contributed by atoms with Crippen LogP contribution in [-0.2, 0) is 4.57 Å². The minimum Gasteiger partial charge on any atom is -0.375 e. The highest BCUT2D eigenvalue weighted by molar-refractivity contribution is 7.63. The first-order valence-electron chi connectivity index (χ1n) is 11.4. The molecule has 0 radical (unpaired) electrons. The van der Waals surface area contributed by atoms with E-state index in [0.717, 1.165) is 0 Å². The standard InChI is InChI=1S/C25H27ClF2N5OP/c1-14(18-11-16(13-29)5-6-19(18)27)31-24-22(26)15(2)30-21-12-20(28)25(32-23(21)24)33-9-7-17(8-10-33)35(3,4)34/h5-6,11-12,14,17H,7-10H2,1-4H3,(H,30,31)/t14-/m1/s1. The van der Waals surface area contributed by atoms with Crippen LogP contribution in [0.3, 0.4) is 0 Å². The molecule has 1 aliphatic rings. The normalized spacial score (nSPS) is 15.8. The van der Waals surface area contributed by atoms with Crippen molar-refractivity contribution in [2.75, 3.05) is 36.6 Å². The minimum atomic E-state index is -2.21. The van der Waals surface area contributed by atoms with Gasteiger partial charge in [-0.1, -0.05) is 11.6 Å². The third kappa shape index (κ3) is 5.12. The molecule has 0 spiro atoms. The fourth-order valence-electron chi connectivity index (χ4n) is 4.55. The number of anilines is 2. The molecule has 1 fully saturated rings. The van der Waals surface area contributed by atoms with Crippen molar-refractivity contribution in [2.45, 2.75) is 38.4 Å². The summed E-state index contributed by atoms with van der Waals surface area (Å²) in [5, 5.41) is 12.7. The lowest BCUT2D eigenvalue weighted by Crippen LogP contribution is -2.36. The Morgan fingerprint density at radius 1 is 1.20 bits per heavy atom. The molecular formula is C25H27ClF2N5OP. The van der Waals surface area contributed by atoms with Gasteiger partial charge in [-0.05, 0) is 58.2 Å². The second-order valence-electron chi connectivity index (χ2n) is 9.41. The van der Waals surface area contributed by atoms with Crippen molar-refractivity contribution in [2.24, 2.45) is 0 Å². The van der Waals surface area contributed by atoms with Gasteiger partial charge in [0, 0.05) is 30.4 Å². The molecule has 184 valence electrons. The monoisotopic (exact) mass is 517 g/mol. The Hall–Kier alpha value is -2.75. The Morgan fingerprint density at radius 3 is 2.51 bits per heavy atom. The van der Waals surface area contributed by atoms with Gasteiger partial charge in [0.25, 0.3) is 0 Å². The number of aromatic nitrogens is 2. The number of fused-ring (bicyclic) bond motifs is 1. The number of pyridine rings is 2. The average Bonchev–Trinajstić information content (AvgIpc) is 2.81. The van der Waals surface area contributed by atoms with E-state index < -0.39 is 24.8 Å². The van der Waals surface area contributed by atoms with Crippen LogP contribution < -0.4 is 10.2 Å².